The van der Waals surface area contributed by atoms with Crippen molar-refractivity contribution < 1.29 is 4.42 Å². The van der Waals surface area contributed by atoms with Gasteiger partial charge in [-0.3, -0.25) is 4.40 Å². The number of fused-ring (bicyclic) bond motifs is 1. The van der Waals surface area contributed by atoms with E-state index < -0.39 is 0 Å². The third-order valence-corrected chi connectivity index (χ3v) is 3.07. The first-order valence-electron chi connectivity index (χ1n) is 4.98. The average molecular weight is 277 g/mol. The highest BCUT2D eigenvalue weighted by Gasteiger charge is 2.05. The zero-order chi connectivity index (χ0) is 11.0. The molecule has 16 heavy (non-hydrogen) atoms. The second-order valence-corrected chi connectivity index (χ2v) is 4.38. The lowest BCUT2D eigenvalue weighted by molar-refractivity contribution is 0.519. The van der Waals surface area contributed by atoms with E-state index in [4.69, 9.17) is 4.42 Å². The molecule has 3 aromatic rings. The number of pyridine rings is 1. The van der Waals surface area contributed by atoms with E-state index in [0.29, 0.717) is 0 Å². The second-order valence-electron chi connectivity index (χ2n) is 3.57. The third-order valence-electron chi connectivity index (χ3n) is 2.43. The predicted octanol–water partition coefficient (Wildman–Crippen LogP) is 3.28. The van der Waals surface area contributed by atoms with E-state index >= 15 is 0 Å². The van der Waals surface area contributed by atoms with Crippen molar-refractivity contribution in [1.82, 2.24) is 9.38 Å². The molecule has 0 aliphatic carbocycles. The van der Waals surface area contributed by atoms with Gasteiger partial charge in [-0.05, 0) is 40.2 Å². The van der Waals surface area contributed by atoms with Crippen molar-refractivity contribution in [2.24, 2.45) is 0 Å². The maximum Gasteiger partial charge on any atom is 0.137 e. The number of aromatic nitrogens is 2. The van der Waals surface area contributed by atoms with Gasteiger partial charge in [-0.15, -0.1) is 0 Å². The SMILES string of the molecule is Brc1cccc2nc(Cc3ccco3)cn12. The van der Waals surface area contributed by atoms with Gasteiger partial charge >= 0.3 is 0 Å². The summed E-state index contributed by atoms with van der Waals surface area (Å²) in [5, 5.41) is 0. The summed E-state index contributed by atoms with van der Waals surface area (Å²) in [7, 11) is 0. The van der Waals surface area contributed by atoms with Crippen molar-refractivity contribution in [3.63, 3.8) is 0 Å². The van der Waals surface area contributed by atoms with E-state index in [1.165, 1.54) is 0 Å². The molecular weight excluding hydrogens is 268 g/mol. The highest BCUT2D eigenvalue weighted by molar-refractivity contribution is 9.10. The van der Waals surface area contributed by atoms with Gasteiger partial charge in [0.25, 0.3) is 0 Å². The third kappa shape index (κ3) is 1.65. The molecule has 0 unspecified atom stereocenters. The Morgan fingerprint density at radius 1 is 1.25 bits per heavy atom. The molecule has 0 saturated carbocycles. The highest BCUT2D eigenvalue weighted by atomic mass is 79.9. The van der Waals surface area contributed by atoms with Crippen LogP contribution in [0.15, 0.2) is 51.8 Å². The fourth-order valence-electron chi connectivity index (χ4n) is 1.70. The molecule has 0 fully saturated rings. The summed E-state index contributed by atoms with van der Waals surface area (Å²) in [4.78, 5) is 4.52. The minimum atomic E-state index is 0.723. The molecule has 0 amide bonds. The van der Waals surface area contributed by atoms with Crippen LogP contribution in [-0.4, -0.2) is 9.38 Å². The molecule has 0 aromatic carbocycles. The molecular formula is C12H9BrN2O. The van der Waals surface area contributed by atoms with Crippen LogP contribution in [0.1, 0.15) is 11.5 Å². The number of imidazole rings is 1. The first-order valence-corrected chi connectivity index (χ1v) is 5.77. The van der Waals surface area contributed by atoms with Crippen LogP contribution in [0, 0.1) is 0 Å². The molecule has 3 aromatic heterocycles. The molecule has 0 bridgehead atoms. The molecule has 80 valence electrons. The van der Waals surface area contributed by atoms with Gasteiger partial charge in [-0.1, -0.05) is 6.07 Å². The molecule has 3 rings (SSSR count). The normalized spacial score (nSPS) is 11.1. The lowest BCUT2D eigenvalue weighted by Gasteiger charge is -1.94. The molecule has 4 heteroatoms. The van der Waals surface area contributed by atoms with Gasteiger partial charge in [-0.2, -0.15) is 0 Å². The Bertz CT molecular complexity index is 613. The van der Waals surface area contributed by atoms with Crippen LogP contribution >= 0.6 is 15.9 Å². The Hall–Kier alpha value is -1.55. The molecule has 0 aliphatic rings. The Kier molecular flexibility index (Phi) is 2.29. The average Bonchev–Trinajstić information content (AvgIpc) is 2.88. The Balaban J connectivity index is 2.02. The zero-order valence-corrected chi connectivity index (χ0v) is 10.0. The minimum Gasteiger partial charge on any atom is -0.469 e. The second kappa shape index (κ2) is 3.79. The monoisotopic (exact) mass is 276 g/mol. The van der Waals surface area contributed by atoms with Gasteiger partial charge in [0.1, 0.15) is 11.4 Å². The summed E-state index contributed by atoms with van der Waals surface area (Å²) in [5.74, 6) is 0.930. The maximum absolute atomic E-state index is 5.30. The smallest absolute Gasteiger partial charge is 0.137 e. The molecule has 0 aliphatic heterocycles. The van der Waals surface area contributed by atoms with E-state index in [-0.39, 0.29) is 0 Å². The van der Waals surface area contributed by atoms with Crippen LogP contribution in [0.5, 0.6) is 0 Å². The standard InChI is InChI=1S/C12H9BrN2O/c13-11-4-1-5-12-14-9(8-15(11)12)7-10-3-2-6-16-10/h1-6,8H,7H2. The number of furan rings is 1. The predicted molar refractivity (Wildman–Crippen MR) is 64.4 cm³/mol. The quantitative estimate of drug-likeness (QED) is 0.673. The van der Waals surface area contributed by atoms with Gasteiger partial charge in [0, 0.05) is 12.6 Å². The number of hydrogen-bond donors (Lipinski definition) is 0. The van der Waals surface area contributed by atoms with Crippen LogP contribution in [0.25, 0.3) is 5.65 Å². The lowest BCUT2D eigenvalue weighted by atomic mass is 10.3. The first-order chi connectivity index (χ1) is 7.83. The van der Waals surface area contributed by atoms with Crippen molar-refractivity contribution >= 4 is 21.6 Å². The van der Waals surface area contributed by atoms with Crippen molar-refractivity contribution in [2.75, 3.05) is 0 Å². The van der Waals surface area contributed by atoms with Crippen LogP contribution in [0.3, 0.4) is 0 Å². The largest absolute Gasteiger partial charge is 0.469 e. The van der Waals surface area contributed by atoms with E-state index in [1.807, 2.05) is 40.9 Å². The van der Waals surface area contributed by atoms with E-state index in [2.05, 4.69) is 20.9 Å². The molecule has 0 spiro atoms. The molecule has 0 saturated heterocycles. The van der Waals surface area contributed by atoms with Gasteiger partial charge in [0.05, 0.1) is 16.6 Å². The summed E-state index contributed by atoms with van der Waals surface area (Å²) in [6.07, 6.45) is 4.42. The molecule has 3 nitrogen and oxygen atoms in total. The fourth-order valence-corrected chi connectivity index (χ4v) is 2.14. The van der Waals surface area contributed by atoms with E-state index in [9.17, 15) is 0 Å². The molecule has 0 atom stereocenters. The Labute approximate surface area is 101 Å². The minimum absolute atomic E-state index is 0.723. The Morgan fingerprint density at radius 2 is 2.19 bits per heavy atom. The van der Waals surface area contributed by atoms with Crippen LogP contribution in [0.4, 0.5) is 0 Å². The van der Waals surface area contributed by atoms with Gasteiger partial charge in [-0.25, -0.2) is 4.98 Å². The molecule has 0 radical (unpaired) electrons. The van der Waals surface area contributed by atoms with Crippen LogP contribution in [-0.2, 0) is 6.42 Å². The topological polar surface area (TPSA) is 30.4 Å². The number of nitrogens with zero attached hydrogens (tertiary/aromatic N) is 2. The highest BCUT2D eigenvalue weighted by Crippen LogP contribution is 2.16. The summed E-state index contributed by atoms with van der Waals surface area (Å²) < 4.78 is 8.32. The zero-order valence-electron chi connectivity index (χ0n) is 8.43. The summed E-state index contributed by atoms with van der Waals surface area (Å²) in [5.41, 5.74) is 1.94. The lowest BCUT2D eigenvalue weighted by Crippen LogP contribution is -1.84. The molecule has 3 heterocycles. The van der Waals surface area contributed by atoms with Crippen molar-refractivity contribution in [2.45, 2.75) is 6.42 Å². The van der Waals surface area contributed by atoms with Crippen molar-refractivity contribution in [3.8, 4) is 0 Å². The summed E-state index contributed by atoms with van der Waals surface area (Å²) >= 11 is 3.49. The van der Waals surface area contributed by atoms with Crippen molar-refractivity contribution in [1.29, 1.82) is 0 Å². The van der Waals surface area contributed by atoms with Gasteiger partial charge in [0.2, 0.25) is 0 Å². The number of hydrogen-bond acceptors (Lipinski definition) is 2. The summed E-state index contributed by atoms with van der Waals surface area (Å²) in [6, 6.07) is 9.80. The summed E-state index contributed by atoms with van der Waals surface area (Å²) in [6.45, 7) is 0. The maximum atomic E-state index is 5.30. The van der Waals surface area contributed by atoms with Crippen LogP contribution in [0.2, 0.25) is 0 Å². The van der Waals surface area contributed by atoms with Gasteiger partial charge < -0.3 is 4.42 Å². The molecule has 0 N–H and O–H groups in total. The van der Waals surface area contributed by atoms with Crippen molar-refractivity contribution in [3.05, 3.63) is 58.8 Å². The Morgan fingerprint density at radius 3 is 2.94 bits per heavy atom. The number of rotatable bonds is 2. The fraction of sp³-hybridized carbons (Fsp3) is 0.0833. The first kappa shape index (κ1) is 9.66. The van der Waals surface area contributed by atoms with Gasteiger partial charge in [0.15, 0.2) is 0 Å². The van der Waals surface area contributed by atoms with E-state index in [1.54, 1.807) is 6.26 Å². The van der Waals surface area contributed by atoms with E-state index in [0.717, 1.165) is 28.1 Å². The number of halogens is 1. The van der Waals surface area contributed by atoms with Crippen LogP contribution < -0.4 is 0 Å².